The molecule has 3 aromatic rings. The summed E-state index contributed by atoms with van der Waals surface area (Å²) in [6.07, 6.45) is 2.92. The number of nitrogens with zero attached hydrogens (tertiary/aromatic N) is 1. The number of benzene rings is 1. The molecule has 1 unspecified atom stereocenters. The summed E-state index contributed by atoms with van der Waals surface area (Å²) < 4.78 is 2.40. The van der Waals surface area contributed by atoms with Crippen LogP contribution in [0.3, 0.4) is 0 Å². The van der Waals surface area contributed by atoms with Crippen molar-refractivity contribution in [2.75, 3.05) is 7.05 Å². The average molecular weight is 347 g/mol. The van der Waals surface area contributed by atoms with Gasteiger partial charge in [-0.3, -0.25) is 4.98 Å². The molecule has 102 valence electrons. The molecule has 0 aliphatic heterocycles. The molecule has 20 heavy (non-hydrogen) atoms. The van der Waals surface area contributed by atoms with Gasteiger partial charge in [-0.05, 0) is 48.2 Å². The lowest BCUT2D eigenvalue weighted by molar-refractivity contribution is 0.590. The van der Waals surface area contributed by atoms with E-state index in [2.05, 4.69) is 61.9 Å². The molecule has 0 saturated carbocycles. The fraction of sp³-hybridized carbons (Fsp3) is 0.188. The molecular weight excluding hydrogens is 332 g/mol. The lowest BCUT2D eigenvalue weighted by atomic mass is 10.0. The van der Waals surface area contributed by atoms with Crippen molar-refractivity contribution in [3.63, 3.8) is 0 Å². The maximum atomic E-state index is 4.53. The molecule has 0 fully saturated rings. The lowest BCUT2D eigenvalue weighted by Gasteiger charge is -2.17. The third kappa shape index (κ3) is 2.77. The van der Waals surface area contributed by atoms with Crippen molar-refractivity contribution in [3.05, 3.63) is 63.6 Å². The Bertz CT molecular complexity index is 723. The van der Waals surface area contributed by atoms with E-state index in [4.69, 9.17) is 0 Å². The van der Waals surface area contributed by atoms with Gasteiger partial charge in [-0.25, -0.2) is 0 Å². The monoisotopic (exact) mass is 346 g/mol. The molecule has 1 N–H and O–H groups in total. The van der Waals surface area contributed by atoms with E-state index in [9.17, 15) is 0 Å². The zero-order valence-electron chi connectivity index (χ0n) is 11.1. The Morgan fingerprint density at radius 1 is 1.30 bits per heavy atom. The first-order valence-corrected chi connectivity index (χ1v) is 8.19. The summed E-state index contributed by atoms with van der Waals surface area (Å²) in [6, 6.07) is 12.9. The van der Waals surface area contributed by atoms with Crippen LogP contribution in [-0.2, 0) is 6.42 Å². The average Bonchev–Trinajstić information content (AvgIpc) is 2.94. The highest BCUT2D eigenvalue weighted by molar-refractivity contribution is 9.10. The van der Waals surface area contributed by atoms with Gasteiger partial charge < -0.3 is 5.32 Å². The zero-order valence-corrected chi connectivity index (χ0v) is 13.5. The summed E-state index contributed by atoms with van der Waals surface area (Å²) in [5, 5.41) is 5.48. The quantitative estimate of drug-likeness (QED) is 0.748. The van der Waals surface area contributed by atoms with Crippen LogP contribution in [0.5, 0.6) is 0 Å². The Balaban J connectivity index is 1.91. The highest BCUT2D eigenvalue weighted by atomic mass is 79.9. The van der Waals surface area contributed by atoms with E-state index in [0.29, 0.717) is 0 Å². The zero-order chi connectivity index (χ0) is 13.9. The van der Waals surface area contributed by atoms with E-state index >= 15 is 0 Å². The van der Waals surface area contributed by atoms with Gasteiger partial charge in [0.25, 0.3) is 0 Å². The van der Waals surface area contributed by atoms with E-state index in [1.165, 1.54) is 15.8 Å². The smallest absolute Gasteiger partial charge is 0.0809 e. The number of fused-ring (bicyclic) bond motifs is 1. The fourth-order valence-corrected chi connectivity index (χ4v) is 3.56. The van der Waals surface area contributed by atoms with Crippen molar-refractivity contribution < 1.29 is 0 Å². The highest BCUT2D eigenvalue weighted by Gasteiger charge is 2.13. The Morgan fingerprint density at radius 3 is 2.95 bits per heavy atom. The van der Waals surface area contributed by atoms with Crippen LogP contribution in [0.2, 0.25) is 0 Å². The van der Waals surface area contributed by atoms with E-state index in [1.807, 2.05) is 19.3 Å². The minimum absolute atomic E-state index is 0.271. The molecule has 0 aliphatic rings. The van der Waals surface area contributed by atoms with E-state index < -0.39 is 0 Å². The third-order valence-electron chi connectivity index (χ3n) is 3.46. The van der Waals surface area contributed by atoms with Crippen LogP contribution in [-0.4, -0.2) is 12.0 Å². The number of likely N-dealkylation sites (N-methyl/N-ethyl adjacent to an activating group) is 1. The summed E-state index contributed by atoms with van der Waals surface area (Å²) in [5.41, 5.74) is 3.62. The van der Waals surface area contributed by atoms with E-state index in [1.54, 1.807) is 11.3 Å². The number of aromatic nitrogens is 1. The van der Waals surface area contributed by atoms with Crippen LogP contribution in [0, 0.1) is 0 Å². The summed E-state index contributed by atoms with van der Waals surface area (Å²) >= 11 is 5.36. The predicted octanol–water partition coefficient (Wildman–Crippen LogP) is 4.56. The maximum Gasteiger partial charge on any atom is 0.0809 e. The van der Waals surface area contributed by atoms with Gasteiger partial charge in [0.15, 0.2) is 0 Å². The molecule has 2 heterocycles. The van der Waals surface area contributed by atoms with Gasteiger partial charge in [0.2, 0.25) is 0 Å². The molecule has 1 atom stereocenters. The van der Waals surface area contributed by atoms with E-state index in [0.717, 1.165) is 16.4 Å². The second kappa shape index (κ2) is 6.04. The minimum atomic E-state index is 0.271. The first-order chi connectivity index (χ1) is 9.78. The molecule has 1 aromatic carbocycles. The summed E-state index contributed by atoms with van der Waals surface area (Å²) in [4.78, 5) is 4.53. The van der Waals surface area contributed by atoms with E-state index in [-0.39, 0.29) is 6.04 Å². The van der Waals surface area contributed by atoms with Gasteiger partial charge in [0, 0.05) is 16.7 Å². The first-order valence-electron chi connectivity index (χ1n) is 6.52. The van der Waals surface area contributed by atoms with Crippen LogP contribution in [0.25, 0.3) is 10.2 Å². The van der Waals surface area contributed by atoms with Crippen LogP contribution in [0.15, 0.2) is 52.4 Å². The van der Waals surface area contributed by atoms with Crippen molar-refractivity contribution in [3.8, 4) is 0 Å². The largest absolute Gasteiger partial charge is 0.313 e. The fourth-order valence-electron chi connectivity index (χ4n) is 2.32. The third-order valence-corrected chi connectivity index (χ3v) is 5.08. The van der Waals surface area contributed by atoms with Gasteiger partial charge in [-0.1, -0.05) is 34.1 Å². The Morgan fingerprint density at radius 2 is 2.15 bits per heavy atom. The summed E-state index contributed by atoms with van der Waals surface area (Å²) in [5.74, 6) is 0. The topological polar surface area (TPSA) is 24.9 Å². The molecule has 0 radical (unpaired) electrons. The SMILES string of the molecule is CNC(Cc1ccccc1Br)c1cnc2ccsc2c1. The number of hydrogen-bond donors (Lipinski definition) is 1. The summed E-state index contributed by atoms with van der Waals surface area (Å²) in [6.45, 7) is 0. The molecule has 0 spiro atoms. The van der Waals surface area contributed by atoms with Gasteiger partial charge >= 0.3 is 0 Å². The van der Waals surface area contributed by atoms with Gasteiger partial charge in [-0.15, -0.1) is 11.3 Å². The second-order valence-corrected chi connectivity index (χ2v) is 6.51. The van der Waals surface area contributed by atoms with Crippen molar-refractivity contribution in [1.82, 2.24) is 10.3 Å². The second-order valence-electron chi connectivity index (χ2n) is 4.71. The number of nitrogens with one attached hydrogen (secondary N) is 1. The Kier molecular flexibility index (Phi) is 4.15. The molecule has 0 saturated heterocycles. The minimum Gasteiger partial charge on any atom is -0.313 e. The van der Waals surface area contributed by atoms with Crippen molar-refractivity contribution in [1.29, 1.82) is 0 Å². The lowest BCUT2D eigenvalue weighted by Crippen LogP contribution is -2.19. The molecule has 0 amide bonds. The van der Waals surface area contributed by atoms with Crippen molar-refractivity contribution >= 4 is 37.5 Å². The molecule has 0 aliphatic carbocycles. The van der Waals surface area contributed by atoms with Crippen LogP contribution in [0.4, 0.5) is 0 Å². The van der Waals surface area contributed by atoms with Crippen LogP contribution in [0.1, 0.15) is 17.2 Å². The van der Waals surface area contributed by atoms with Gasteiger partial charge in [0.1, 0.15) is 0 Å². The van der Waals surface area contributed by atoms with Crippen LogP contribution < -0.4 is 5.32 Å². The normalized spacial score (nSPS) is 12.7. The number of halogens is 1. The number of pyridine rings is 1. The molecule has 0 bridgehead atoms. The Labute approximate surface area is 131 Å². The highest BCUT2D eigenvalue weighted by Crippen LogP contribution is 2.26. The predicted molar refractivity (Wildman–Crippen MR) is 89.3 cm³/mol. The number of hydrogen-bond acceptors (Lipinski definition) is 3. The standard InChI is InChI=1S/C16H15BrN2S/c1-18-15(8-11-4-2-3-5-13(11)17)12-9-16-14(19-10-12)6-7-20-16/h2-7,9-10,15,18H,8H2,1H3. The molecule has 3 rings (SSSR count). The summed E-state index contributed by atoms with van der Waals surface area (Å²) in [7, 11) is 2.00. The van der Waals surface area contributed by atoms with Gasteiger partial charge in [-0.2, -0.15) is 0 Å². The maximum absolute atomic E-state index is 4.53. The molecule has 2 nitrogen and oxygen atoms in total. The van der Waals surface area contributed by atoms with Crippen molar-refractivity contribution in [2.24, 2.45) is 0 Å². The Hall–Kier alpha value is -1.23. The van der Waals surface area contributed by atoms with Gasteiger partial charge in [0.05, 0.1) is 10.2 Å². The molecule has 4 heteroatoms. The molecule has 2 aromatic heterocycles. The first kappa shape index (κ1) is 13.7. The number of rotatable bonds is 4. The molecular formula is C16H15BrN2S. The van der Waals surface area contributed by atoms with Crippen molar-refractivity contribution in [2.45, 2.75) is 12.5 Å². The number of thiophene rings is 1. The van der Waals surface area contributed by atoms with Crippen LogP contribution >= 0.6 is 27.3 Å².